The van der Waals surface area contributed by atoms with E-state index in [4.69, 9.17) is 4.52 Å². The van der Waals surface area contributed by atoms with Crippen LogP contribution in [0.5, 0.6) is 0 Å². The maximum Gasteiger partial charge on any atom is 0.263 e. The van der Waals surface area contributed by atoms with Crippen LogP contribution in [-0.4, -0.2) is 23.2 Å². The topological polar surface area (TPSA) is 51.0 Å². The van der Waals surface area contributed by atoms with Gasteiger partial charge in [-0.25, -0.2) is 8.78 Å². The first-order chi connectivity index (χ1) is 9.25. The van der Waals surface area contributed by atoms with Crippen LogP contribution in [0.2, 0.25) is 0 Å². The number of hydrogen-bond acceptors (Lipinski definition) is 4. The second-order valence-electron chi connectivity index (χ2n) is 4.60. The van der Waals surface area contributed by atoms with Crippen LogP contribution in [0.4, 0.5) is 8.78 Å². The average molecular weight is 265 g/mol. The highest BCUT2D eigenvalue weighted by atomic mass is 19.1. The lowest BCUT2D eigenvalue weighted by Crippen LogP contribution is -2.28. The Kier molecular flexibility index (Phi) is 3.25. The van der Waals surface area contributed by atoms with Gasteiger partial charge in [-0.05, 0) is 31.5 Å². The highest BCUT2D eigenvalue weighted by Crippen LogP contribution is 2.27. The number of halogens is 2. The lowest BCUT2D eigenvalue weighted by atomic mass is 9.99. The Morgan fingerprint density at radius 2 is 2.05 bits per heavy atom. The highest BCUT2D eigenvalue weighted by Gasteiger charge is 2.23. The lowest BCUT2D eigenvalue weighted by Gasteiger charge is -2.19. The van der Waals surface area contributed by atoms with Crippen LogP contribution in [0.15, 0.2) is 22.7 Å². The molecule has 0 spiro atoms. The summed E-state index contributed by atoms with van der Waals surface area (Å²) in [6.45, 7) is 1.74. The van der Waals surface area contributed by atoms with E-state index in [1.807, 2.05) is 0 Å². The fraction of sp³-hybridized carbons (Fsp3) is 0.385. The Bertz CT molecular complexity index is 559. The van der Waals surface area contributed by atoms with E-state index in [0.717, 1.165) is 25.9 Å². The van der Waals surface area contributed by atoms with Crippen LogP contribution in [0.1, 0.15) is 24.6 Å². The summed E-state index contributed by atoms with van der Waals surface area (Å²) in [4.78, 5) is 4.13. The fourth-order valence-corrected chi connectivity index (χ4v) is 2.28. The Labute approximate surface area is 108 Å². The fourth-order valence-electron chi connectivity index (χ4n) is 2.28. The second kappa shape index (κ2) is 5.05. The first kappa shape index (κ1) is 12.2. The summed E-state index contributed by atoms with van der Waals surface area (Å²) < 4.78 is 32.2. The van der Waals surface area contributed by atoms with Crippen LogP contribution in [0.25, 0.3) is 11.5 Å². The number of hydrogen-bond donors (Lipinski definition) is 1. The Morgan fingerprint density at radius 1 is 1.26 bits per heavy atom. The van der Waals surface area contributed by atoms with Gasteiger partial charge < -0.3 is 9.84 Å². The number of aromatic nitrogens is 2. The Morgan fingerprint density at radius 3 is 2.74 bits per heavy atom. The van der Waals surface area contributed by atoms with Crippen molar-refractivity contribution in [3.63, 3.8) is 0 Å². The number of benzene rings is 1. The van der Waals surface area contributed by atoms with Gasteiger partial charge >= 0.3 is 0 Å². The summed E-state index contributed by atoms with van der Waals surface area (Å²) in [5.74, 6) is -0.851. The highest BCUT2D eigenvalue weighted by molar-refractivity contribution is 5.54. The molecule has 1 unspecified atom stereocenters. The Balaban J connectivity index is 1.92. The van der Waals surface area contributed by atoms with Crippen molar-refractivity contribution in [1.29, 1.82) is 0 Å². The number of rotatable bonds is 2. The van der Waals surface area contributed by atoms with Crippen LogP contribution < -0.4 is 5.32 Å². The van der Waals surface area contributed by atoms with Gasteiger partial charge in [-0.1, -0.05) is 11.2 Å². The predicted molar refractivity (Wildman–Crippen MR) is 64.5 cm³/mol. The van der Waals surface area contributed by atoms with Crippen LogP contribution in [0.3, 0.4) is 0 Å². The minimum Gasteiger partial charge on any atom is -0.334 e. The third-order valence-electron chi connectivity index (χ3n) is 3.28. The van der Waals surface area contributed by atoms with Crippen molar-refractivity contribution in [3.05, 3.63) is 35.7 Å². The zero-order valence-electron chi connectivity index (χ0n) is 10.2. The summed E-state index contributed by atoms with van der Waals surface area (Å²) in [6.07, 6.45) is 1.98. The first-order valence-corrected chi connectivity index (χ1v) is 6.24. The third kappa shape index (κ3) is 2.35. The lowest BCUT2D eigenvalue weighted by molar-refractivity contribution is 0.391. The quantitative estimate of drug-likeness (QED) is 0.906. The zero-order chi connectivity index (χ0) is 13.2. The van der Waals surface area contributed by atoms with E-state index in [1.54, 1.807) is 0 Å². The summed E-state index contributed by atoms with van der Waals surface area (Å²) in [7, 11) is 0. The van der Waals surface area contributed by atoms with Crippen LogP contribution >= 0.6 is 0 Å². The van der Waals surface area contributed by atoms with Gasteiger partial charge in [-0.3, -0.25) is 0 Å². The van der Waals surface area contributed by atoms with Crippen molar-refractivity contribution in [3.8, 4) is 11.5 Å². The molecular formula is C13H13F2N3O. The van der Waals surface area contributed by atoms with Crippen molar-refractivity contribution in [1.82, 2.24) is 15.5 Å². The number of nitrogens with one attached hydrogen (secondary N) is 1. The molecular weight excluding hydrogens is 252 g/mol. The molecule has 0 amide bonds. The molecule has 4 nitrogen and oxygen atoms in total. The molecule has 1 atom stereocenters. The second-order valence-corrected chi connectivity index (χ2v) is 4.60. The molecule has 1 aromatic heterocycles. The van der Waals surface area contributed by atoms with Crippen molar-refractivity contribution in [2.45, 2.75) is 18.8 Å². The molecule has 2 heterocycles. The summed E-state index contributed by atoms with van der Waals surface area (Å²) in [6, 6.07) is 3.64. The monoisotopic (exact) mass is 265 g/mol. The van der Waals surface area contributed by atoms with Crippen molar-refractivity contribution in [2.75, 3.05) is 13.1 Å². The minimum atomic E-state index is -0.697. The molecule has 100 valence electrons. The molecule has 1 saturated heterocycles. The van der Waals surface area contributed by atoms with E-state index in [1.165, 1.54) is 18.2 Å². The van der Waals surface area contributed by atoms with Gasteiger partial charge in [-0.15, -0.1) is 0 Å². The SMILES string of the molecule is Fc1cccc(F)c1-c1nc(C2CCCNC2)no1. The van der Waals surface area contributed by atoms with Gasteiger partial charge in [0, 0.05) is 12.5 Å². The molecule has 0 saturated carbocycles. The van der Waals surface area contributed by atoms with E-state index in [9.17, 15) is 8.78 Å². The molecule has 1 fully saturated rings. The molecule has 1 aromatic carbocycles. The molecule has 6 heteroatoms. The van der Waals surface area contributed by atoms with Crippen molar-refractivity contribution < 1.29 is 13.3 Å². The van der Waals surface area contributed by atoms with E-state index in [2.05, 4.69) is 15.5 Å². The van der Waals surface area contributed by atoms with Crippen LogP contribution in [-0.2, 0) is 0 Å². The summed E-state index contributed by atoms with van der Waals surface area (Å²) in [5, 5.41) is 7.07. The molecule has 1 aliphatic heterocycles. The molecule has 0 bridgehead atoms. The molecule has 0 radical (unpaired) electrons. The van der Waals surface area contributed by atoms with Gasteiger partial charge in [0.15, 0.2) is 5.82 Å². The standard InChI is InChI=1S/C13H13F2N3O/c14-9-4-1-5-10(15)11(9)13-17-12(18-19-13)8-3-2-6-16-7-8/h1,4-5,8,16H,2-3,6-7H2. The molecule has 2 aromatic rings. The van der Waals surface area contributed by atoms with Crippen LogP contribution in [0, 0.1) is 11.6 Å². The predicted octanol–water partition coefficient (Wildman–Crippen LogP) is 2.48. The normalized spacial score (nSPS) is 19.6. The van der Waals surface area contributed by atoms with Gasteiger partial charge in [-0.2, -0.15) is 4.98 Å². The number of nitrogens with zero attached hydrogens (tertiary/aromatic N) is 2. The minimum absolute atomic E-state index is 0.101. The zero-order valence-corrected chi connectivity index (χ0v) is 10.2. The van der Waals surface area contributed by atoms with Gasteiger partial charge in [0.1, 0.15) is 17.2 Å². The van der Waals surface area contributed by atoms with Gasteiger partial charge in [0.2, 0.25) is 0 Å². The van der Waals surface area contributed by atoms with Gasteiger partial charge in [0.05, 0.1) is 0 Å². The average Bonchev–Trinajstić information content (AvgIpc) is 2.89. The number of piperidine rings is 1. The molecule has 1 N–H and O–H groups in total. The first-order valence-electron chi connectivity index (χ1n) is 6.24. The summed E-state index contributed by atoms with van der Waals surface area (Å²) in [5.41, 5.74) is -0.259. The van der Waals surface area contributed by atoms with E-state index in [-0.39, 0.29) is 17.4 Å². The maximum atomic E-state index is 13.6. The van der Waals surface area contributed by atoms with E-state index >= 15 is 0 Å². The molecule has 19 heavy (non-hydrogen) atoms. The summed E-state index contributed by atoms with van der Waals surface area (Å²) >= 11 is 0. The molecule has 0 aliphatic carbocycles. The van der Waals surface area contributed by atoms with E-state index in [0.29, 0.717) is 5.82 Å². The maximum absolute atomic E-state index is 13.6. The smallest absolute Gasteiger partial charge is 0.263 e. The van der Waals surface area contributed by atoms with E-state index < -0.39 is 11.6 Å². The van der Waals surface area contributed by atoms with Gasteiger partial charge in [0.25, 0.3) is 5.89 Å². The third-order valence-corrected chi connectivity index (χ3v) is 3.28. The van der Waals surface area contributed by atoms with Crippen molar-refractivity contribution >= 4 is 0 Å². The molecule has 1 aliphatic rings. The van der Waals surface area contributed by atoms with Crippen molar-refractivity contribution in [2.24, 2.45) is 0 Å². The Hall–Kier alpha value is -1.82. The largest absolute Gasteiger partial charge is 0.334 e. The molecule has 3 rings (SSSR count).